The van der Waals surface area contributed by atoms with Gasteiger partial charge in [-0.3, -0.25) is 14.4 Å². The average molecular weight is 388 g/mol. The third-order valence-electron chi connectivity index (χ3n) is 8.10. The van der Waals surface area contributed by atoms with Gasteiger partial charge < -0.3 is 14.2 Å². The molecule has 4 aliphatic rings. The van der Waals surface area contributed by atoms with Gasteiger partial charge in [-0.25, -0.2) is 0 Å². The van der Waals surface area contributed by atoms with Gasteiger partial charge in [0, 0.05) is 22.7 Å². The Morgan fingerprint density at radius 2 is 1.82 bits per heavy atom. The molecule has 0 spiro atoms. The van der Waals surface area contributed by atoms with Crippen LogP contribution in [0.3, 0.4) is 0 Å². The highest BCUT2D eigenvalue weighted by molar-refractivity contribution is 6.07. The van der Waals surface area contributed by atoms with Crippen molar-refractivity contribution in [1.82, 2.24) is 0 Å². The van der Waals surface area contributed by atoms with E-state index in [0.717, 1.165) is 5.57 Å². The van der Waals surface area contributed by atoms with Gasteiger partial charge in [0.05, 0.1) is 20.6 Å². The van der Waals surface area contributed by atoms with Crippen molar-refractivity contribution in [2.45, 2.75) is 46.6 Å². The minimum atomic E-state index is -0.936. The summed E-state index contributed by atoms with van der Waals surface area (Å²) in [5, 5.41) is 0. The maximum absolute atomic E-state index is 13.7. The zero-order chi connectivity index (χ0) is 20.6. The average Bonchev–Trinajstić information content (AvgIpc) is 2.63. The third kappa shape index (κ3) is 2.06. The summed E-state index contributed by atoms with van der Waals surface area (Å²) < 4.78 is 16.7. The Labute approximate surface area is 165 Å². The molecule has 0 bridgehead atoms. The number of carbonyl (C=O) groups excluding carboxylic acids is 3. The first-order valence-corrected chi connectivity index (χ1v) is 9.91. The second-order valence-electron chi connectivity index (χ2n) is 9.16. The van der Waals surface area contributed by atoms with E-state index >= 15 is 0 Å². The molecule has 6 heteroatoms. The smallest absolute Gasteiger partial charge is 0.306 e. The predicted octanol–water partition coefficient (Wildman–Crippen LogP) is 2.82. The molecule has 0 aromatic carbocycles. The van der Waals surface area contributed by atoms with Gasteiger partial charge in [0.25, 0.3) is 0 Å². The zero-order valence-electron chi connectivity index (χ0n) is 17.3. The molecular formula is C22H28O6. The van der Waals surface area contributed by atoms with Gasteiger partial charge in [-0.2, -0.15) is 0 Å². The molecule has 1 saturated heterocycles. The highest BCUT2D eigenvalue weighted by Gasteiger charge is 2.72. The van der Waals surface area contributed by atoms with E-state index in [9.17, 15) is 14.4 Å². The maximum atomic E-state index is 13.7. The number of carbonyl (C=O) groups is 3. The summed E-state index contributed by atoms with van der Waals surface area (Å²) in [6.45, 7) is 7.80. The normalized spacial score (nSPS) is 45.0. The lowest BCUT2D eigenvalue weighted by Crippen LogP contribution is -2.69. The van der Waals surface area contributed by atoms with Gasteiger partial charge in [0.2, 0.25) is 11.6 Å². The number of Topliss-reactive ketones (excluding diaryl/α,β-unsaturated/α-hetero) is 2. The Bertz CT molecular complexity index is 838. The fourth-order valence-corrected chi connectivity index (χ4v) is 6.81. The van der Waals surface area contributed by atoms with Crippen LogP contribution in [0.5, 0.6) is 0 Å². The van der Waals surface area contributed by atoms with Gasteiger partial charge in [-0.1, -0.05) is 20.8 Å². The van der Waals surface area contributed by atoms with E-state index in [1.807, 2.05) is 33.8 Å². The molecule has 28 heavy (non-hydrogen) atoms. The fraction of sp³-hybridized carbons (Fsp3) is 0.682. The Morgan fingerprint density at radius 1 is 1.14 bits per heavy atom. The Balaban J connectivity index is 1.99. The van der Waals surface area contributed by atoms with E-state index in [1.54, 1.807) is 0 Å². The molecule has 1 heterocycles. The summed E-state index contributed by atoms with van der Waals surface area (Å²) >= 11 is 0. The van der Waals surface area contributed by atoms with Crippen LogP contribution in [0.2, 0.25) is 0 Å². The number of ether oxygens (including phenoxy) is 3. The van der Waals surface area contributed by atoms with Crippen LogP contribution in [0.25, 0.3) is 0 Å². The van der Waals surface area contributed by atoms with Crippen molar-refractivity contribution < 1.29 is 28.6 Å². The Hall–Kier alpha value is -2.11. The van der Waals surface area contributed by atoms with Crippen LogP contribution in [-0.2, 0) is 28.6 Å². The second-order valence-corrected chi connectivity index (χ2v) is 9.16. The SMILES string of the molecule is COC1=C[C@@H](C)[C@H]2C[C@H]3OC(=O)C[C@H]4C(C)=C(OC)C(=O)[C@H]([C@@]2(C)C1=O)[C@@]34C. The first-order valence-electron chi connectivity index (χ1n) is 9.91. The van der Waals surface area contributed by atoms with Gasteiger partial charge in [0.15, 0.2) is 11.5 Å². The van der Waals surface area contributed by atoms with Crippen molar-refractivity contribution >= 4 is 17.5 Å². The molecule has 1 aliphatic heterocycles. The Kier molecular flexibility index (Phi) is 4.08. The van der Waals surface area contributed by atoms with E-state index in [4.69, 9.17) is 14.2 Å². The van der Waals surface area contributed by atoms with E-state index in [0.29, 0.717) is 12.2 Å². The third-order valence-corrected chi connectivity index (χ3v) is 8.10. The summed E-state index contributed by atoms with van der Waals surface area (Å²) in [5.74, 6) is -0.854. The quantitative estimate of drug-likeness (QED) is 0.677. The van der Waals surface area contributed by atoms with Gasteiger partial charge in [0.1, 0.15) is 6.10 Å². The van der Waals surface area contributed by atoms with E-state index in [-0.39, 0.29) is 47.5 Å². The molecule has 7 atom stereocenters. The molecule has 152 valence electrons. The second kappa shape index (κ2) is 5.94. The predicted molar refractivity (Wildman–Crippen MR) is 99.8 cm³/mol. The lowest BCUT2D eigenvalue weighted by atomic mass is 9.40. The van der Waals surface area contributed by atoms with Crippen LogP contribution >= 0.6 is 0 Å². The fourth-order valence-electron chi connectivity index (χ4n) is 6.81. The number of fused-ring (bicyclic) bond motifs is 2. The molecule has 2 fully saturated rings. The lowest BCUT2D eigenvalue weighted by molar-refractivity contribution is -0.217. The summed E-state index contributed by atoms with van der Waals surface area (Å²) in [7, 11) is 2.97. The van der Waals surface area contributed by atoms with E-state index in [1.165, 1.54) is 14.2 Å². The summed E-state index contributed by atoms with van der Waals surface area (Å²) in [4.78, 5) is 39.6. The van der Waals surface area contributed by atoms with Crippen LogP contribution in [0.1, 0.15) is 40.5 Å². The highest BCUT2D eigenvalue weighted by Crippen LogP contribution is 2.67. The summed E-state index contributed by atoms with van der Waals surface area (Å²) in [6.07, 6.45) is 2.21. The van der Waals surface area contributed by atoms with Crippen molar-refractivity contribution in [3.8, 4) is 0 Å². The van der Waals surface area contributed by atoms with E-state index < -0.39 is 22.9 Å². The number of hydrogen-bond acceptors (Lipinski definition) is 6. The van der Waals surface area contributed by atoms with Crippen molar-refractivity contribution in [1.29, 1.82) is 0 Å². The van der Waals surface area contributed by atoms with Crippen LogP contribution in [-0.4, -0.2) is 37.9 Å². The number of ketones is 2. The highest BCUT2D eigenvalue weighted by atomic mass is 16.5. The minimum Gasteiger partial charge on any atom is -0.493 e. The zero-order valence-corrected chi connectivity index (χ0v) is 17.3. The maximum Gasteiger partial charge on any atom is 0.306 e. The molecule has 0 amide bonds. The van der Waals surface area contributed by atoms with Crippen molar-refractivity contribution in [2.75, 3.05) is 14.2 Å². The summed E-state index contributed by atoms with van der Waals surface area (Å²) in [5.41, 5.74) is -0.795. The van der Waals surface area contributed by atoms with Crippen molar-refractivity contribution in [3.63, 3.8) is 0 Å². The lowest BCUT2D eigenvalue weighted by Gasteiger charge is -2.64. The monoisotopic (exact) mass is 388 g/mol. The number of esters is 1. The molecule has 1 saturated carbocycles. The Morgan fingerprint density at radius 3 is 2.43 bits per heavy atom. The molecule has 3 aliphatic carbocycles. The topological polar surface area (TPSA) is 78.9 Å². The number of hydrogen-bond donors (Lipinski definition) is 0. The van der Waals surface area contributed by atoms with Crippen molar-refractivity contribution in [3.05, 3.63) is 23.2 Å². The first-order chi connectivity index (χ1) is 13.1. The number of rotatable bonds is 2. The van der Waals surface area contributed by atoms with Crippen LogP contribution in [0.15, 0.2) is 23.2 Å². The van der Waals surface area contributed by atoms with Crippen LogP contribution in [0.4, 0.5) is 0 Å². The van der Waals surface area contributed by atoms with Gasteiger partial charge >= 0.3 is 5.97 Å². The molecule has 0 unspecified atom stereocenters. The molecular weight excluding hydrogens is 360 g/mol. The largest absolute Gasteiger partial charge is 0.493 e. The molecule has 0 aromatic rings. The van der Waals surface area contributed by atoms with E-state index in [2.05, 4.69) is 0 Å². The summed E-state index contributed by atoms with van der Waals surface area (Å²) in [6, 6.07) is 0. The van der Waals surface area contributed by atoms with Gasteiger partial charge in [-0.05, 0) is 36.8 Å². The molecule has 0 aromatic heterocycles. The van der Waals surface area contributed by atoms with Gasteiger partial charge in [-0.15, -0.1) is 0 Å². The van der Waals surface area contributed by atoms with Crippen LogP contribution < -0.4 is 0 Å². The number of allylic oxidation sites excluding steroid dienone is 4. The minimum absolute atomic E-state index is 0.0204. The first kappa shape index (κ1) is 19.2. The standard InChI is InChI=1S/C22H28O6/c1-10-7-14(26-5)20(25)22(4)12(10)8-15-21(3)13(9-16(23)28-15)11(2)18(27-6)17(24)19(21)22/h7,10,12-13,15,19H,8-9H2,1-6H3/t10-,12-,13+,15-,19+,21-,22+/m1/s1. The van der Waals surface area contributed by atoms with Crippen LogP contribution in [0, 0.1) is 34.5 Å². The molecule has 0 radical (unpaired) electrons. The molecule has 4 rings (SSSR count). The number of methoxy groups -OCH3 is 2. The van der Waals surface area contributed by atoms with Crippen molar-refractivity contribution in [2.24, 2.45) is 34.5 Å². The molecule has 0 N–H and O–H groups in total. The molecule has 6 nitrogen and oxygen atoms in total.